The molecule has 0 aromatic heterocycles. The molecule has 2 nitrogen and oxygen atoms in total. The molecule has 1 aromatic carbocycles. The summed E-state index contributed by atoms with van der Waals surface area (Å²) in [6.45, 7) is 9.10. The summed E-state index contributed by atoms with van der Waals surface area (Å²) in [4.78, 5) is 2.60. The van der Waals surface area contributed by atoms with Gasteiger partial charge in [-0.05, 0) is 70.2 Å². The lowest BCUT2D eigenvalue weighted by Crippen LogP contribution is -2.47. The smallest absolute Gasteiger partial charge is 0.115 e. The number of hydrogen-bond acceptors (Lipinski definition) is 2. The number of aryl methyl sites for hydroxylation is 1. The van der Waals surface area contributed by atoms with Crippen molar-refractivity contribution in [3.05, 3.63) is 29.3 Å². The molecule has 0 saturated carbocycles. The average Bonchev–Trinajstić information content (AvgIpc) is 2.27. The molecule has 2 rings (SSSR count). The quantitative estimate of drug-likeness (QED) is 0.885. The third-order valence-electron chi connectivity index (χ3n) is 4.01. The van der Waals surface area contributed by atoms with E-state index in [0.29, 0.717) is 23.9 Å². The largest absolute Gasteiger partial charge is 0.508 e. The van der Waals surface area contributed by atoms with Gasteiger partial charge in [0.1, 0.15) is 5.75 Å². The minimum absolute atomic E-state index is 0.398. The first-order chi connectivity index (χ1) is 8.49. The number of phenolic OH excluding ortho intramolecular Hbond substituents is 1. The van der Waals surface area contributed by atoms with Gasteiger partial charge in [0.25, 0.3) is 0 Å². The van der Waals surface area contributed by atoms with E-state index in [0.717, 1.165) is 12.8 Å². The van der Waals surface area contributed by atoms with Crippen molar-refractivity contribution in [1.29, 1.82) is 0 Å². The highest BCUT2D eigenvalue weighted by molar-refractivity contribution is 5.37. The lowest BCUT2D eigenvalue weighted by atomic mass is 9.86. The molecule has 0 saturated heterocycles. The summed E-state index contributed by atoms with van der Waals surface area (Å²) in [6, 6.07) is 7.60. The van der Waals surface area contributed by atoms with Crippen LogP contribution in [0.5, 0.6) is 5.75 Å². The predicted molar refractivity (Wildman–Crippen MR) is 76.0 cm³/mol. The standard InChI is InChI=1S/C16H25NO/c1-11(2)17(12(3)4)15-7-5-13-6-8-16(18)10-14(13)9-15/h6,8,10-12,15,18H,5,7,9H2,1-4H3. The van der Waals surface area contributed by atoms with Gasteiger partial charge in [0.05, 0.1) is 0 Å². The molecule has 0 bridgehead atoms. The van der Waals surface area contributed by atoms with Crippen molar-refractivity contribution < 1.29 is 5.11 Å². The second-order valence-electron chi connectivity index (χ2n) is 5.98. The minimum Gasteiger partial charge on any atom is -0.508 e. The van der Waals surface area contributed by atoms with E-state index in [9.17, 15) is 5.11 Å². The molecule has 1 atom stereocenters. The van der Waals surface area contributed by atoms with Crippen LogP contribution in [0, 0.1) is 0 Å². The molecule has 1 aromatic rings. The molecular weight excluding hydrogens is 222 g/mol. The maximum Gasteiger partial charge on any atom is 0.115 e. The number of aromatic hydroxyl groups is 1. The first-order valence-electron chi connectivity index (χ1n) is 7.07. The first-order valence-corrected chi connectivity index (χ1v) is 7.07. The molecule has 1 N–H and O–H groups in total. The molecular formula is C16H25NO. The number of benzene rings is 1. The summed E-state index contributed by atoms with van der Waals surface area (Å²) in [5, 5.41) is 9.62. The maximum absolute atomic E-state index is 9.62. The van der Waals surface area contributed by atoms with Crippen molar-refractivity contribution in [3.63, 3.8) is 0 Å². The number of phenols is 1. The third-order valence-corrected chi connectivity index (χ3v) is 4.01. The van der Waals surface area contributed by atoms with E-state index in [-0.39, 0.29) is 0 Å². The molecule has 1 aliphatic carbocycles. The van der Waals surface area contributed by atoms with Crippen LogP contribution in [-0.4, -0.2) is 28.1 Å². The van der Waals surface area contributed by atoms with Crippen LogP contribution < -0.4 is 0 Å². The van der Waals surface area contributed by atoms with Crippen molar-refractivity contribution in [2.75, 3.05) is 0 Å². The van der Waals surface area contributed by atoms with E-state index in [1.165, 1.54) is 17.5 Å². The van der Waals surface area contributed by atoms with E-state index in [2.05, 4.69) is 38.7 Å². The second-order valence-corrected chi connectivity index (χ2v) is 5.98. The summed E-state index contributed by atoms with van der Waals surface area (Å²) >= 11 is 0. The third kappa shape index (κ3) is 2.69. The van der Waals surface area contributed by atoms with Crippen LogP contribution in [0.15, 0.2) is 18.2 Å². The molecule has 0 aliphatic heterocycles. The predicted octanol–water partition coefficient (Wildman–Crippen LogP) is 3.37. The monoisotopic (exact) mass is 247 g/mol. The maximum atomic E-state index is 9.62. The summed E-state index contributed by atoms with van der Waals surface area (Å²) in [5.41, 5.74) is 2.74. The summed E-state index contributed by atoms with van der Waals surface area (Å²) in [5.74, 6) is 0.398. The summed E-state index contributed by atoms with van der Waals surface area (Å²) in [7, 11) is 0. The molecule has 0 heterocycles. The molecule has 1 unspecified atom stereocenters. The van der Waals surface area contributed by atoms with Gasteiger partial charge in [-0.2, -0.15) is 0 Å². The Morgan fingerprint density at radius 3 is 2.39 bits per heavy atom. The molecule has 2 heteroatoms. The Morgan fingerprint density at radius 2 is 1.78 bits per heavy atom. The van der Waals surface area contributed by atoms with Crippen molar-refractivity contribution >= 4 is 0 Å². The van der Waals surface area contributed by atoms with Gasteiger partial charge in [-0.3, -0.25) is 4.90 Å². The Balaban J connectivity index is 2.20. The van der Waals surface area contributed by atoms with Gasteiger partial charge >= 0.3 is 0 Å². The Hall–Kier alpha value is -1.02. The normalized spacial score (nSPS) is 19.6. The summed E-state index contributed by atoms with van der Waals surface area (Å²) < 4.78 is 0. The number of rotatable bonds is 3. The highest BCUT2D eigenvalue weighted by Gasteiger charge is 2.27. The van der Waals surface area contributed by atoms with E-state index in [1.807, 2.05) is 12.1 Å². The fraction of sp³-hybridized carbons (Fsp3) is 0.625. The SMILES string of the molecule is CC(C)N(C(C)C)C1CCc2ccc(O)cc2C1. The van der Waals surface area contributed by atoms with E-state index in [4.69, 9.17) is 0 Å². The Morgan fingerprint density at radius 1 is 1.11 bits per heavy atom. The van der Waals surface area contributed by atoms with Crippen molar-refractivity contribution in [2.45, 2.75) is 65.1 Å². The van der Waals surface area contributed by atoms with Crippen LogP contribution in [0.2, 0.25) is 0 Å². The van der Waals surface area contributed by atoms with Gasteiger partial charge in [0, 0.05) is 18.1 Å². The van der Waals surface area contributed by atoms with E-state index in [1.54, 1.807) is 0 Å². The minimum atomic E-state index is 0.398. The van der Waals surface area contributed by atoms with Gasteiger partial charge in [-0.25, -0.2) is 0 Å². The van der Waals surface area contributed by atoms with Crippen LogP contribution in [0.25, 0.3) is 0 Å². The molecule has 0 radical (unpaired) electrons. The zero-order valence-corrected chi connectivity index (χ0v) is 12.0. The Bertz CT molecular complexity index is 404. The van der Waals surface area contributed by atoms with E-state index >= 15 is 0 Å². The van der Waals surface area contributed by atoms with Gasteiger partial charge in [-0.15, -0.1) is 0 Å². The van der Waals surface area contributed by atoms with Crippen molar-refractivity contribution in [1.82, 2.24) is 4.90 Å². The van der Waals surface area contributed by atoms with Crippen LogP contribution in [0.3, 0.4) is 0 Å². The molecule has 0 fully saturated rings. The lowest BCUT2D eigenvalue weighted by molar-refractivity contribution is 0.102. The van der Waals surface area contributed by atoms with Crippen molar-refractivity contribution in [3.8, 4) is 5.75 Å². The highest BCUT2D eigenvalue weighted by Crippen LogP contribution is 2.29. The fourth-order valence-corrected chi connectivity index (χ4v) is 3.42. The highest BCUT2D eigenvalue weighted by atomic mass is 16.3. The lowest BCUT2D eigenvalue weighted by Gasteiger charge is -2.40. The first kappa shape index (κ1) is 13.4. The molecule has 0 spiro atoms. The zero-order valence-electron chi connectivity index (χ0n) is 12.0. The number of nitrogens with zero attached hydrogens (tertiary/aromatic N) is 1. The fourth-order valence-electron chi connectivity index (χ4n) is 3.42. The van der Waals surface area contributed by atoms with Crippen molar-refractivity contribution in [2.24, 2.45) is 0 Å². The van der Waals surface area contributed by atoms with E-state index < -0.39 is 0 Å². The van der Waals surface area contributed by atoms with Crippen LogP contribution in [0.4, 0.5) is 0 Å². The molecule has 1 aliphatic rings. The molecule has 0 amide bonds. The van der Waals surface area contributed by atoms with Gasteiger partial charge in [0.15, 0.2) is 0 Å². The molecule has 100 valence electrons. The van der Waals surface area contributed by atoms with Crippen LogP contribution in [0.1, 0.15) is 45.2 Å². The van der Waals surface area contributed by atoms with Crippen LogP contribution >= 0.6 is 0 Å². The van der Waals surface area contributed by atoms with Gasteiger partial charge in [0.2, 0.25) is 0 Å². The average molecular weight is 247 g/mol. The topological polar surface area (TPSA) is 23.5 Å². The second kappa shape index (κ2) is 5.31. The van der Waals surface area contributed by atoms with Gasteiger partial charge < -0.3 is 5.11 Å². The zero-order chi connectivity index (χ0) is 13.3. The summed E-state index contributed by atoms with van der Waals surface area (Å²) in [6.07, 6.45) is 3.43. The van der Waals surface area contributed by atoms with Crippen LogP contribution in [-0.2, 0) is 12.8 Å². The molecule has 18 heavy (non-hydrogen) atoms. The van der Waals surface area contributed by atoms with Gasteiger partial charge in [-0.1, -0.05) is 6.07 Å². The number of hydrogen-bond donors (Lipinski definition) is 1. The Labute approximate surface area is 111 Å². The number of fused-ring (bicyclic) bond motifs is 1. The Kier molecular flexibility index (Phi) is 3.96.